The number of carbonyl (C=O) groups excluding carboxylic acids is 2. The Labute approximate surface area is 156 Å². The van der Waals surface area contributed by atoms with Gasteiger partial charge in [-0.05, 0) is 48.4 Å². The van der Waals surface area contributed by atoms with Gasteiger partial charge in [-0.15, -0.1) is 0 Å². The molecule has 26 heavy (non-hydrogen) atoms. The van der Waals surface area contributed by atoms with Crippen LogP contribution in [0.4, 0.5) is 10.1 Å². The minimum absolute atomic E-state index is 0.159. The second-order valence-corrected chi connectivity index (χ2v) is 6.45. The molecule has 0 unspecified atom stereocenters. The van der Waals surface area contributed by atoms with Gasteiger partial charge >= 0.3 is 0 Å². The van der Waals surface area contributed by atoms with Crippen molar-refractivity contribution in [1.82, 2.24) is 5.32 Å². The average molecular weight is 379 g/mol. The molecule has 2 N–H and O–H groups in total. The van der Waals surface area contributed by atoms with Crippen molar-refractivity contribution < 1.29 is 18.7 Å². The zero-order valence-electron chi connectivity index (χ0n) is 14.7. The van der Waals surface area contributed by atoms with E-state index in [0.29, 0.717) is 16.5 Å². The van der Waals surface area contributed by atoms with Crippen molar-refractivity contribution in [2.45, 2.75) is 19.9 Å². The maximum Gasteiger partial charge on any atom is 0.251 e. The van der Waals surface area contributed by atoms with Gasteiger partial charge in [0.2, 0.25) is 5.91 Å². The summed E-state index contributed by atoms with van der Waals surface area (Å²) in [5.41, 5.74) is 0.764. The lowest BCUT2D eigenvalue weighted by atomic mass is 10.0. The molecule has 0 fully saturated rings. The number of methoxy groups -OCH3 is 1. The van der Waals surface area contributed by atoms with Crippen molar-refractivity contribution in [3.8, 4) is 5.75 Å². The van der Waals surface area contributed by atoms with Crippen LogP contribution >= 0.6 is 11.6 Å². The highest BCUT2D eigenvalue weighted by molar-refractivity contribution is 6.32. The molecule has 0 saturated carbocycles. The van der Waals surface area contributed by atoms with E-state index < -0.39 is 17.8 Å². The highest BCUT2D eigenvalue weighted by Crippen LogP contribution is 2.27. The monoisotopic (exact) mass is 378 g/mol. The third-order valence-electron chi connectivity index (χ3n) is 3.76. The zero-order valence-corrected chi connectivity index (χ0v) is 15.4. The Morgan fingerprint density at radius 3 is 2.31 bits per heavy atom. The van der Waals surface area contributed by atoms with Gasteiger partial charge in [0, 0.05) is 11.3 Å². The summed E-state index contributed by atoms with van der Waals surface area (Å²) >= 11 is 6.06. The van der Waals surface area contributed by atoms with Gasteiger partial charge in [0.25, 0.3) is 5.91 Å². The number of carbonyl (C=O) groups is 2. The van der Waals surface area contributed by atoms with Gasteiger partial charge in [-0.3, -0.25) is 9.59 Å². The lowest BCUT2D eigenvalue weighted by Crippen LogP contribution is -2.47. The molecule has 0 saturated heterocycles. The molecule has 0 heterocycles. The third-order valence-corrected chi connectivity index (χ3v) is 4.06. The van der Waals surface area contributed by atoms with Crippen LogP contribution in [0.2, 0.25) is 5.02 Å². The van der Waals surface area contributed by atoms with Crippen LogP contribution in [-0.2, 0) is 4.79 Å². The molecule has 2 amide bonds. The summed E-state index contributed by atoms with van der Waals surface area (Å²) in [6.45, 7) is 3.63. The molecule has 7 heteroatoms. The van der Waals surface area contributed by atoms with Gasteiger partial charge in [-0.2, -0.15) is 0 Å². The van der Waals surface area contributed by atoms with E-state index in [4.69, 9.17) is 16.3 Å². The number of amides is 2. The largest absolute Gasteiger partial charge is 0.495 e. The van der Waals surface area contributed by atoms with Crippen LogP contribution in [0.25, 0.3) is 0 Å². The van der Waals surface area contributed by atoms with Gasteiger partial charge in [0.05, 0.1) is 12.1 Å². The Morgan fingerprint density at radius 1 is 1.12 bits per heavy atom. The van der Waals surface area contributed by atoms with E-state index in [1.807, 2.05) is 13.8 Å². The topological polar surface area (TPSA) is 67.4 Å². The van der Waals surface area contributed by atoms with Crippen molar-refractivity contribution in [3.63, 3.8) is 0 Å². The molecule has 0 spiro atoms. The second-order valence-electron chi connectivity index (χ2n) is 6.04. The van der Waals surface area contributed by atoms with Crippen molar-refractivity contribution in [3.05, 3.63) is 58.9 Å². The number of ether oxygens (including phenoxy) is 1. The summed E-state index contributed by atoms with van der Waals surface area (Å²) in [5.74, 6) is -0.929. The molecule has 0 radical (unpaired) electrons. The van der Waals surface area contributed by atoms with Crippen molar-refractivity contribution in [2.24, 2.45) is 5.92 Å². The summed E-state index contributed by atoms with van der Waals surface area (Å²) < 4.78 is 18.1. The maximum absolute atomic E-state index is 13.0. The summed E-state index contributed by atoms with van der Waals surface area (Å²) in [6.07, 6.45) is 0. The molecule has 138 valence electrons. The van der Waals surface area contributed by atoms with E-state index in [-0.39, 0.29) is 17.4 Å². The van der Waals surface area contributed by atoms with Crippen LogP contribution in [0.15, 0.2) is 42.5 Å². The molecule has 2 aromatic carbocycles. The smallest absolute Gasteiger partial charge is 0.251 e. The lowest BCUT2D eigenvalue weighted by Gasteiger charge is -2.22. The fourth-order valence-electron chi connectivity index (χ4n) is 2.32. The Bertz CT molecular complexity index is 794. The Balaban J connectivity index is 2.10. The molecule has 0 aliphatic heterocycles. The first-order valence-corrected chi connectivity index (χ1v) is 8.40. The zero-order chi connectivity index (χ0) is 19.3. The van der Waals surface area contributed by atoms with Gasteiger partial charge in [-0.25, -0.2) is 4.39 Å². The fraction of sp³-hybridized carbons (Fsp3) is 0.263. The number of anilines is 1. The van der Waals surface area contributed by atoms with Gasteiger partial charge in [-0.1, -0.05) is 25.4 Å². The molecular weight excluding hydrogens is 359 g/mol. The predicted octanol–water partition coefficient (Wildman–Crippen LogP) is 3.88. The van der Waals surface area contributed by atoms with Gasteiger partial charge in [0.15, 0.2) is 0 Å². The number of benzene rings is 2. The third kappa shape index (κ3) is 4.95. The predicted molar refractivity (Wildman–Crippen MR) is 99.1 cm³/mol. The van der Waals surface area contributed by atoms with E-state index in [2.05, 4.69) is 10.6 Å². The molecule has 0 aliphatic carbocycles. The normalized spacial score (nSPS) is 11.8. The van der Waals surface area contributed by atoms with Crippen LogP contribution in [0, 0.1) is 11.7 Å². The fourth-order valence-corrected chi connectivity index (χ4v) is 2.58. The van der Waals surface area contributed by atoms with Crippen LogP contribution in [-0.4, -0.2) is 25.0 Å². The van der Waals surface area contributed by atoms with Crippen LogP contribution in [0.1, 0.15) is 24.2 Å². The first-order valence-electron chi connectivity index (χ1n) is 8.02. The highest BCUT2D eigenvalue weighted by atomic mass is 35.5. The van der Waals surface area contributed by atoms with E-state index in [1.54, 1.807) is 18.2 Å². The molecule has 0 aliphatic rings. The minimum Gasteiger partial charge on any atom is -0.495 e. The standard InChI is InChI=1S/C19H20ClFN2O3/c1-11(2)17(23-18(24)12-4-6-13(21)7-5-12)19(25)22-14-8-9-16(26-3)15(20)10-14/h4-11,17H,1-3H3,(H,22,25)(H,23,24)/t17-/m0/s1. The number of halogens is 2. The van der Waals surface area contributed by atoms with Crippen LogP contribution in [0.3, 0.4) is 0 Å². The molecule has 0 bridgehead atoms. The minimum atomic E-state index is -0.770. The quantitative estimate of drug-likeness (QED) is 0.801. The van der Waals surface area contributed by atoms with Crippen molar-refractivity contribution >= 4 is 29.1 Å². The number of hydrogen-bond acceptors (Lipinski definition) is 3. The molecule has 2 aromatic rings. The summed E-state index contributed by atoms with van der Waals surface area (Å²) in [5, 5.41) is 5.77. The Kier molecular flexibility index (Phi) is 6.58. The first-order chi connectivity index (χ1) is 12.3. The molecule has 1 atom stereocenters. The number of nitrogens with one attached hydrogen (secondary N) is 2. The van der Waals surface area contributed by atoms with E-state index >= 15 is 0 Å². The summed E-state index contributed by atoms with van der Waals surface area (Å²) in [4.78, 5) is 24.9. The lowest BCUT2D eigenvalue weighted by molar-refractivity contribution is -0.118. The maximum atomic E-state index is 13.0. The van der Waals surface area contributed by atoms with Crippen molar-refractivity contribution in [2.75, 3.05) is 12.4 Å². The Morgan fingerprint density at radius 2 is 1.77 bits per heavy atom. The average Bonchev–Trinajstić information content (AvgIpc) is 2.59. The summed E-state index contributed by atoms with van der Waals surface area (Å²) in [6, 6.07) is 9.20. The molecule has 5 nitrogen and oxygen atoms in total. The van der Waals surface area contributed by atoms with Crippen molar-refractivity contribution in [1.29, 1.82) is 0 Å². The van der Waals surface area contributed by atoms with Crippen LogP contribution in [0.5, 0.6) is 5.75 Å². The van der Waals surface area contributed by atoms with E-state index in [9.17, 15) is 14.0 Å². The van der Waals surface area contributed by atoms with Gasteiger partial charge < -0.3 is 15.4 Å². The molecule has 0 aromatic heterocycles. The number of rotatable bonds is 6. The first kappa shape index (κ1) is 19.7. The van der Waals surface area contributed by atoms with E-state index in [0.717, 1.165) is 0 Å². The van der Waals surface area contributed by atoms with E-state index in [1.165, 1.54) is 31.4 Å². The molecular formula is C19H20ClFN2O3. The highest BCUT2D eigenvalue weighted by Gasteiger charge is 2.25. The molecule has 2 rings (SSSR count). The SMILES string of the molecule is COc1ccc(NC(=O)[C@@H](NC(=O)c2ccc(F)cc2)C(C)C)cc1Cl. The number of hydrogen-bond donors (Lipinski definition) is 2. The Hall–Kier alpha value is -2.60. The van der Waals surface area contributed by atoms with Crippen LogP contribution < -0.4 is 15.4 Å². The van der Waals surface area contributed by atoms with Gasteiger partial charge in [0.1, 0.15) is 17.6 Å². The summed E-state index contributed by atoms with van der Waals surface area (Å²) in [7, 11) is 1.50. The second kappa shape index (κ2) is 8.67.